The van der Waals surface area contributed by atoms with Gasteiger partial charge in [0.15, 0.2) is 0 Å². The van der Waals surface area contributed by atoms with Crippen molar-refractivity contribution in [2.24, 2.45) is 0 Å². The standard InChI is InChI=1S/C8H10N2O4/c1-4(9-5(2)11)7-6(8(12)13)3-14-10-7/h3-4H,1-2H3,(H,9,11)(H,12,13). The van der Waals surface area contributed by atoms with Crippen molar-refractivity contribution in [3.63, 3.8) is 0 Å². The molecule has 0 saturated heterocycles. The Morgan fingerprint density at radius 3 is 2.79 bits per heavy atom. The fourth-order valence-corrected chi connectivity index (χ4v) is 1.09. The van der Waals surface area contributed by atoms with E-state index in [1.54, 1.807) is 6.92 Å². The molecule has 0 aromatic carbocycles. The normalized spacial score (nSPS) is 12.1. The van der Waals surface area contributed by atoms with Crippen molar-refractivity contribution in [2.45, 2.75) is 19.9 Å². The minimum absolute atomic E-state index is 0.0359. The maximum Gasteiger partial charge on any atom is 0.341 e. The maximum atomic E-state index is 10.7. The Labute approximate surface area is 79.9 Å². The fourth-order valence-electron chi connectivity index (χ4n) is 1.09. The number of nitrogens with zero attached hydrogens (tertiary/aromatic N) is 1. The smallest absolute Gasteiger partial charge is 0.341 e. The Bertz CT molecular complexity index is 358. The molecule has 1 atom stereocenters. The molecule has 76 valence electrons. The van der Waals surface area contributed by atoms with Crippen LogP contribution in [0.3, 0.4) is 0 Å². The Kier molecular flexibility index (Phi) is 2.85. The summed E-state index contributed by atoms with van der Waals surface area (Å²) in [7, 11) is 0. The predicted molar refractivity (Wildman–Crippen MR) is 45.7 cm³/mol. The van der Waals surface area contributed by atoms with Crippen LogP contribution in [0.2, 0.25) is 0 Å². The lowest BCUT2D eigenvalue weighted by molar-refractivity contribution is -0.119. The number of carboxylic acid groups (broad SMARTS) is 1. The Morgan fingerprint density at radius 2 is 2.29 bits per heavy atom. The van der Waals surface area contributed by atoms with Crippen LogP contribution in [0.4, 0.5) is 0 Å². The van der Waals surface area contributed by atoms with E-state index in [0.717, 1.165) is 6.26 Å². The van der Waals surface area contributed by atoms with E-state index in [9.17, 15) is 9.59 Å². The molecule has 0 aliphatic rings. The average molecular weight is 198 g/mol. The van der Waals surface area contributed by atoms with Gasteiger partial charge in [-0.2, -0.15) is 0 Å². The lowest BCUT2D eigenvalue weighted by atomic mass is 10.1. The largest absolute Gasteiger partial charge is 0.478 e. The number of carboxylic acids is 1. The zero-order chi connectivity index (χ0) is 10.7. The minimum atomic E-state index is -1.13. The van der Waals surface area contributed by atoms with E-state index in [1.807, 2.05) is 0 Å². The number of nitrogens with one attached hydrogen (secondary N) is 1. The van der Waals surface area contributed by atoms with Gasteiger partial charge < -0.3 is 14.9 Å². The number of carbonyl (C=O) groups is 2. The van der Waals surface area contributed by atoms with Gasteiger partial charge in [-0.25, -0.2) is 4.79 Å². The van der Waals surface area contributed by atoms with Crippen LogP contribution in [0.15, 0.2) is 10.8 Å². The zero-order valence-electron chi connectivity index (χ0n) is 7.77. The van der Waals surface area contributed by atoms with Gasteiger partial charge in [0, 0.05) is 6.92 Å². The van der Waals surface area contributed by atoms with Gasteiger partial charge in [-0.15, -0.1) is 0 Å². The number of aromatic nitrogens is 1. The number of hydrogen-bond acceptors (Lipinski definition) is 4. The highest BCUT2D eigenvalue weighted by Crippen LogP contribution is 2.15. The maximum absolute atomic E-state index is 10.7. The molecular formula is C8H10N2O4. The molecule has 14 heavy (non-hydrogen) atoms. The van der Waals surface area contributed by atoms with Crippen LogP contribution < -0.4 is 5.32 Å². The lowest BCUT2D eigenvalue weighted by Crippen LogP contribution is -2.25. The molecular weight excluding hydrogens is 188 g/mol. The predicted octanol–water partition coefficient (Wildman–Crippen LogP) is 0.570. The highest BCUT2D eigenvalue weighted by molar-refractivity contribution is 5.88. The van der Waals surface area contributed by atoms with Crippen LogP contribution >= 0.6 is 0 Å². The molecule has 0 aliphatic carbocycles. The van der Waals surface area contributed by atoms with Crippen molar-refractivity contribution in [1.29, 1.82) is 0 Å². The van der Waals surface area contributed by atoms with Gasteiger partial charge in [0.05, 0.1) is 6.04 Å². The lowest BCUT2D eigenvalue weighted by Gasteiger charge is -2.08. The third-order valence-corrected chi connectivity index (χ3v) is 1.66. The second-order valence-electron chi connectivity index (χ2n) is 2.84. The molecule has 1 unspecified atom stereocenters. The Morgan fingerprint density at radius 1 is 1.64 bits per heavy atom. The molecule has 0 bridgehead atoms. The summed E-state index contributed by atoms with van der Waals surface area (Å²) in [5.41, 5.74) is 0.180. The van der Waals surface area contributed by atoms with Crippen molar-refractivity contribution in [3.05, 3.63) is 17.5 Å². The van der Waals surface area contributed by atoms with Gasteiger partial charge in [-0.05, 0) is 6.92 Å². The quantitative estimate of drug-likeness (QED) is 0.740. The summed E-state index contributed by atoms with van der Waals surface area (Å²) >= 11 is 0. The number of rotatable bonds is 3. The van der Waals surface area contributed by atoms with Crippen LogP contribution in [-0.4, -0.2) is 22.1 Å². The summed E-state index contributed by atoms with van der Waals surface area (Å²) < 4.78 is 4.53. The van der Waals surface area contributed by atoms with E-state index in [1.165, 1.54) is 6.92 Å². The van der Waals surface area contributed by atoms with Crippen molar-refractivity contribution in [3.8, 4) is 0 Å². The number of aromatic carboxylic acids is 1. The minimum Gasteiger partial charge on any atom is -0.478 e. The molecule has 0 spiro atoms. The molecule has 1 rings (SSSR count). The molecule has 2 N–H and O–H groups in total. The van der Waals surface area contributed by atoms with Crippen LogP contribution in [0.25, 0.3) is 0 Å². The number of amides is 1. The summed E-state index contributed by atoms with van der Waals surface area (Å²) in [6.07, 6.45) is 1.04. The SMILES string of the molecule is CC(=O)NC(C)c1nocc1C(=O)O. The van der Waals surface area contributed by atoms with E-state index in [0.29, 0.717) is 0 Å². The highest BCUT2D eigenvalue weighted by Gasteiger charge is 2.20. The fraction of sp³-hybridized carbons (Fsp3) is 0.375. The van der Waals surface area contributed by atoms with Gasteiger partial charge in [-0.1, -0.05) is 5.16 Å². The highest BCUT2D eigenvalue weighted by atomic mass is 16.5. The van der Waals surface area contributed by atoms with Crippen molar-refractivity contribution in [1.82, 2.24) is 10.5 Å². The molecule has 0 radical (unpaired) electrons. The van der Waals surface area contributed by atoms with E-state index in [-0.39, 0.29) is 17.2 Å². The van der Waals surface area contributed by atoms with Gasteiger partial charge >= 0.3 is 5.97 Å². The molecule has 1 aromatic rings. The summed E-state index contributed by atoms with van der Waals surface area (Å²) in [6, 6.07) is -0.475. The summed E-state index contributed by atoms with van der Waals surface area (Å²) in [6.45, 7) is 2.97. The van der Waals surface area contributed by atoms with Crippen molar-refractivity contribution < 1.29 is 19.2 Å². The van der Waals surface area contributed by atoms with E-state index in [2.05, 4.69) is 15.0 Å². The zero-order valence-corrected chi connectivity index (χ0v) is 7.77. The molecule has 0 saturated carbocycles. The van der Waals surface area contributed by atoms with Crippen LogP contribution in [-0.2, 0) is 4.79 Å². The topological polar surface area (TPSA) is 92.4 Å². The monoisotopic (exact) mass is 198 g/mol. The molecule has 0 aliphatic heterocycles. The first-order valence-electron chi connectivity index (χ1n) is 3.97. The third kappa shape index (κ3) is 2.09. The molecule has 0 fully saturated rings. The number of carbonyl (C=O) groups excluding carboxylic acids is 1. The van der Waals surface area contributed by atoms with Gasteiger partial charge in [-0.3, -0.25) is 4.79 Å². The van der Waals surface area contributed by atoms with Crippen molar-refractivity contribution >= 4 is 11.9 Å². The molecule has 1 heterocycles. The second kappa shape index (κ2) is 3.91. The van der Waals surface area contributed by atoms with E-state index < -0.39 is 12.0 Å². The summed E-state index contributed by atoms with van der Waals surface area (Å²) in [4.78, 5) is 21.4. The van der Waals surface area contributed by atoms with Crippen molar-refractivity contribution in [2.75, 3.05) is 0 Å². The number of hydrogen-bond donors (Lipinski definition) is 2. The van der Waals surface area contributed by atoms with Crippen LogP contribution in [0.5, 0.6) is 0 Å². The van der Waals surface area contributed by atoms with Gasteiger partial charge in [0.1, 0.15) is 17.5 Å². The summed E-state index contributed by atoms with van der Waals surface area (Å²) in [5.74, 6) is -1.38. The molecule has 6 heteroatoms. The van der Waals surface area contributed by atoms with Gasteiger partial charge in [0.2, 0.25) is 5.91 Å². The first-order valence-corrected chi connectivity index (χ1v) is 3.97. The van der Waals surface area contributed by atoms with E-state index >= 15 is 0 Å². The summed E-state index contributed by atoms with van der Waals surface area (Å²) in [5, 5.41) is 14.8. The molecule has 1 aromatic heterocycles. The first kappa shape index (κ1) is 10.2. The Hall–Kier alpha value is -1.85. The van der Waals surface area contributed by atoms with Gasteiger partial charge in [0.25, 0.3) is 0 Å². The molecule has 1 amide bonds. The molecule has 6 nitrogen and oxygen atoms in total. The van der Waals surface area contributed by atoms with Crippen LogP contribution in [0.1, 0.15) is 35.9 Å². The van der Waals surface area contributed by atoms with E-state index in [4.69, 9.17) is 5.11 Å². The Balaban J connectivity index is 2.89. The van der Waals surface area contributed by atoms with Crippen LogP contribution in [0, 0.1) is 0 Å². The average Bonchev–Trinajstić information content (AvgIpc) is 2.49. The second-order valence-corrected chi connectivity index (χ2v) is 2.84. The first-order chi connectivity index (χ1) is 6.52. The third-order valence-electron chi connectivity index (χ3n) is 1.66.